The Morgan fingerprint density at radius 2 is 2.05 bits per heavy atom. The quantitative estimate of drug-likeness (QED) is 0.672. The lowest BCUT2D eigenvalue weighted by Gasteiger charge is -2.15. The van der Waals surface area contributed by atoms with E-state index in [-0.39, 0.29) is 6.61 Å². The van der Waals surface area contributed by atoms with Gasteiger partial charge in [0.05, 0.1) is 0 Å². The van der Waals surface area contributed by atoms with Crippen molar-refractivity contribution in [2.75, 3.05) is 6.61 Å². The minimum absolute atomic E-state index is 0.304. The van der Waals surface area contributed by atoms with Crippen molar-refractivity contribution in [2.45, 2.75) is 23.2 Å². The highest BCUT2D eigenvalue weighted by atomic mass is 35.6. The molecule has 3 nitrogen and oxygen atoms in total. The lowest BCUT2D eigenvalue weighted by molar-refractivity contribution is -0.145. The molecule has 0 aliphatic rings. The Labute approximate surface area is 131 Å². The summed E-state index contributed by atoms with van der Waals surface area (Å²) >= 11 is 22.4. The molecule has 0 bridgehead atoms. The van der Waals surface area contributed by atoms with E-state index in [0.717, 1.165) is 11.1 Å². The molecule has 7 heteroatoms. The van der Waals surface area contributed by atoms with Crippen LogP contribution in [0.4, 0.5) is 0 Å². The van der Waals surface area contributed by atoms with Crippen LogP contribution in [0.3, 0.4) is 0 Å². The molecule has 106 valence electrons. The summed E-state index contributed by atoms with van der Waals surface area (Å²) in [7, 11) is 0. The number of hydrogen-bond donors (Lipinski definition) is 1. The van der Waals surface area contributed by atoms with Crippen LogP contribution in [0.1, 0.15) is 11.1 Å². The molecule has 0 fully saturated rings. The van der Waals surface area contributed by atoms with Crippen molar-refractivity contribution in [1.82, 2.24) is 0 Å². The highest BCUT2D eigenvalue weighted by Crippen LogP contribution is 2.26. The average Bonchev–Trinajstić information content (AvgIpc) is 2.29. The van der Waals surface area contributed by atoms with Crippen LogP contribution in [0, 0.1) is 6.92 Å². The molecule has 0 aromatic heterocycles. The lowest BCUT2D eigenvalue weighted by Crippen LogP contribution is -2.36. The Morgan fingerprint density at radius 1 is 1.42 bits per heavy atom. The van der Waals surface area contributed by atoms with Crippen LogP contribution in [0.5, 0.6) is 0 Å². The van der Waals surface area contributed by atoms with E-state index in [2.05, 4.69) is 0 Å². The number of nitrogens with two attached hydrogens (primary N) is 1. The van der Waals surface area contributed by atoms with Gasteiger partial charge in [-0.1, -0.05) is 58.5 Å². The number of ether oxygens (including phenoxy) is 1. The van der Waals surface area contributed by atoms with Gasteiger partial charge in [0.15, 0.2) is 0 Å². The molecule has 0 aliphatic heterocycles. The number of rotatable bonds is 4. The molecule has 0 heterocycles. The number of halogens is 4. The van der Waals surface area contributed by atoms with Gasteiger partial charge in [0.1, 0.15) is 12.6 Å². The molecule has 0 aliphatic carbocycles. The summed E-state index contributed by atoms with van der Waals surface area (Å²) in [5, 5.41) is 0.624. The third kappa shape index (κ3) is 6.19. The first-order valence-corrected chi connectivity index (χ1v) is 6.94. The number of alkyl halides is 3. The van der Waals surface area contributed by atoms with Crippen molar-refractivity contribution >= 4 is 52.4 Å². The number of carbonyl (C=O) groups is 1. The van der Waals surface area contributed by atoms with Crippen LogP contribution >= 0.6 is 46.4 Å². The van der Waals surface area contributed by atoms with Gasteiger partial charge in [-0.15, -0.1) is 0 Å². The zero-order valence-corrected chi connectivity index (χ0v) is 13.2. The Bertz CT molecular complexity index is 460. The van der Waals surface area contributed by atoms with Gasteiger partial charge in [-0.05, 0) is 30.5 Å². The predicted molar refractivity (Wildman–Crippen MR) is 79.1 cm³/mol. The number of aryl methyl sites for hydroxylation is 1. The van der Waals surface area contributed by atoms with E-state index in [1.807, 2.05) is 19.1 Å². The van der Waals surface area contributed by atoms with Gasteiger partial charge in [0.25, 0.3) is 0 Å². The Hall–Kier alpha value is -0.190. The Morgan fingerprint density at radius 3 is 2.58 bits per heavy atom. The van der Waals surface area contributed by atoms with Crippen LogP contribution in [0.15, 0.2) is 18.2 Å². The SMILES string of the molecule is Cc1ccc(C[C@@H](N)C(=O)OCC(Cl)(Cl)Cl)cc1Cl. The predicted octanol–water partition coefficient (Wildman–Crippen LogP) is 3.43. The molecule has 0 spiro atoms. The zero-order chi connectivity index (χ0) is 14.6. The van der Waals surface area contributed by atoms with Crippen LogP contribution in [-0.2, 0) is 16.0 Å². The first-order valence-electron chi connectivity index (χ1n) is 5.43. The summed E-state index contributed by atoms with van der Waals surface area (Å²) in [5.41, 5.74) is 7.52. The van der Waals surface area contributed by atoms with Gasteiger partial charge < -0.3 is 10.5 Å². The van der Waals surface area contributed by atoms with Gasteiger partial charge >= 0.3 is 5.97 Å². The maximum Gasteiger partial charge on any atom is 0.323 e. The second kappa shape index (κ2) is 7.00. The third-order valence-corrected chi connectivity index (χ3v) is 3.11. The van der Waals surface area contributed by atoms with Gasteiger partial charge in [-0.2, -0.15) is 0 Å². The van der Waals surface area contributed by atoms with Crippen LogP contribution in [0.25, 0.3) is 0 Å². The third-order valence-electron chi connectivity index (χ3n) is 2.37. The molecule has 0 amide bonds. The van der Waals surface area contributed by atoms with Crippen molar-refractivity contribution in [1.29, 1.82) is 0 Å². The van der Waals surface area contributed by atoms with E-state index >= 15 is 0 Å². The summed E-state index contributed by atoms with van der Waals surface area (Å²) in [6.45, 7) is 1.56. The number of carbonyl (C=O) groups excluding carboxylic acids is 1. The molecule has 0 saturated carbocycles. The number of hydrogen-bond acceptors (Lipinski definition) is 3. The molecule has 0 saturated heterocycles. The molecular formula is C12H13Cl4NO2. The number of esters is 1. The summed E-state index contributed by atoms with van der Waals surface area (Å²) < 4.78 is 3.17. The number of benzene rings is 1. The zero-order valence-electron chi connectivity index (χ0n) is 10.1. The van der Waals surface area contributed by atoms with Crippen LogP contribution in [-0.4, -0.2) is 22.4 Å². The van der Waals surface area contributed by atoms with Crippen molar-refractivity contribution in [3.8, 4) is 0 Å². The second-order valence-corrected chi connectivity index (χ2v) is 7.04. The molecule has 2 N–H and O–H groups in total. The summed E-state index contributed by atoms with van der Waals surface area (Å²) in [6, 6.07) is 4.64. The highest BCUT2D eigenvalue weighted by Gasteiger charge is 2.24. The van der Waals surface area contributed by atoms with E-state index in [1.54, 1.807) is 6.07 Å². The monoisotopic (exact) mass is 343 g/mol. The van der Waals surface area contributed by atoms with E-state index in [1.165, 1.54) is 0 Å². The van der Waals surface area contributed by atoms with Gasteiger partial charge in [-0.3, -0.25) is 4.79 Å². The lowest BCUT2D eigenvalue weighted by atomic mass is 10.1. The Kier molecular flexibility index (Phi) is 6.21. The van der Waals surface area contributed by atoms with E-state index in [0.29, 0.717) is 11.4 Å². The molecule has 0 unspecified atom stereocenters. The summed E-state index contributed by atoms with van der Waals surface area (Å²) in [6.07, 6.45) is 0.304. The standard InChI is InChI=1S/C12H13Cl4NO2/c1-7-2-3-8(4-9(7)13)5-10(17)11(18)19-6-12(14,15)16/h2-4,10H,5-6,17H2,1H3/t10-/m1/s1. The second-order valence-electron chi connectivity index (χ2n) is 4.12. The summed E-state index contributed by atoms with van der Waals surface area (Å²) in [4.78, 5) is 11.6. The normalized spacial score (nSPS) is 13.2. The maximum atomic E-state index is 11.6. The molecule has 1 atom stereocenters. The molecule has 1 aromatic carbocycles. The van der Waals surface area contributed by atoms with E-state index in [4.69, 9.17) is 56.9 Å². The molecular weight excluding hydrogens is 332 g/mol. The van der Waals surface area contributed by atoms with Crippen LogP contribution < -0.4 is 5.73 Å². The minimum atomic E-state index is -1.64. The average molecular weight is 345 g/mol. The first-order chi connectivity index (χ1) is 8.69. The Balaban J connectivity index is 2.56. The summed E-state index contributed by atoms with van der Waals surface area (Å²) in [5.74, 6) is -0.622. The fourth-order valence-corrected chi connectivity index (χ4v) is 1.73. The molecule has 0 radical (unpaired) electrons. The smallest absolute Gasteiger partial charge is 0.323 e. The van der Waals surface area contributed by atoms with Gasteiger partial charge in [0.2, 0.25) is 3.79 Å². The molecule has 1 aromatic rings. The van der Waals surface area contributed by atoms with Crippen molar-refractivity contribution in [2.24, 2.45) is 5.73 Å². The maximum absolute atomic E-state index is 11.6. The van der Waals surface area contributed by atoms with E-state index < -0.39 is 15.8 Å². The molecule has 19 heavy (non-hydrogen) atoms. The fourth-order valence-electron chi connectivity index (χ4n) is 1.36. The van der Waals surface area contributed by atoms with Gasteiger partial charge in [-0.25, -0.2) is 0 Å². The van der Waals surface area contributed by atoms with Crippen molar-refractivity contribution < 1.29 is 9.53 Å². The largest absolute Gasteiger partial charge is 0.460 e. The van der Waals surface area contributed by atoms with Crippen molar-refractivity contribution in [3.05, 3.63) is 34.3 Å². The highest BCUT2D eigenvalue weighted by molar-refractivity contribution is 6.67. The minimum Gasteiger partial charge on any atom is -0.460 e. The topological polar surface area (TPSA) is 52.3 Å². The van der Waals surface area contributed by atoms with Crippen molar-refractivity contribution in [3.63, 3.8) is 0 Å². The van der Waals surface area contributed by atoms with Crippen LogP contribution in [0.2, 0.25) is 5.02 Å². The molecule has 1 rings (SSSR count). The fraction of sp³-hybridized carbons (Fsp3) is 0.417. The van der Waals surface area contributed by atoms with Gasteiger partial charge in [0, 0.05) is 5.02 Å². The first kappa shape index (κ1) is 16.9. The van der Waals surface area contributed by atoms with E-state index in [9.17, 15) is 4.79 Å².